The summed E-state index contributed by atoms with van der Waals surface area (Å²) in [7, 11) is 0. The average Bonchev–Trinajstić information content (AvgIpc) is 2.92. The van der Waals surface area contributed by atoms with Crippen LogP contribution in [0.25, 0.3) is 0 Å². The summed E-state index contributed by atoms with van der Waals surface area (Å²) in [6.45, 7) is 4.02. The number of likely N-dealkylation sites (tertiary alicyclic amines) is 1. The van der Waals surface area contributed by atoms with Crippen LogP contribution in [0.5, 0.6) is 0 Å². The molecule has 2 aliphatic rings. The van der Waals surface area contributed by atoms with Crippen LogP contribution < -0.4 is 0 Å². The Morgan fingerprint density at radius 3 is 2.08 bits per heavy atom. The van der Waals surface area contributed by atoms with Gasteiger partial charge in [-0.15, -0.1) is 0 Å². The van der Waals surface area contributed by atoms with Gasteiger partial charge in [0.15, 0.2) is 0 Å². The third-order valence-corrected chi connectivity index (χ3v) is 4.22. The fourth-order valence-electron chi connectivity index (χ4n) is 2.31. The quantitative estimate of drug-likeness (QED) is 0.684. The number of nitrogens with zero attached hydrogens (tertiary/aromatic N) is 1. The minimum absolute atomic E-state index is 0.632. The summed E-state index contributed by atoms with van der Waals surface area (Å²) in [6.07, 6.45) is 8.58. The maximum atomic E-state index is 4.46. The lowest BCUT2D eigenvalue weighted by molar-refractivity contribution is 0.239. The van der Waals surface area contributed by atoms with Gasteiger partial charge in [0.2, 0.25) is 0 Å². The lowest BCUT2D eigenvalue weighted by Gasteiger charge is -2.24. The molecule has 13 heavy (non-hydrogen) atoms. The van der Waals surface area contributed by atoms with Crippen molar-refractivity contribution in [3.8, 4) is 0 Å². The van der Waals surface area contributed by atoms with E-state index in [2.05, 4.69) is 17.5 Å². The Morgan fingerprint density at radius 2 is 1.62 bits per heavy atom. The minimum atomic E-state index is 0.632. The van der Waals surface area contributed by atoms with Gasteiger partial charge in [-0.2, -0.15) is 12.6 Å². The van der Waals surface area contributed by atoms with Gasteiger partial charge in [-0.3, -0.25) is 0 Å². The summed E-state index contributed by atoms with van der Waals surface area (Å²) in [6, 6.07) is 0. The van der Waals surface area contributed by atoms with Crippen molar-refractivity contribution in [1.29, 1.82) is 0 Å². The molecule has 0 spiro atoms. The fraction of sp³-hybridized carbons (Fsp3) is 1.00. The normalized spacial score (nSPS) is 28.4. The molecule has 0 aromatic heterocycles. The van der Waals surface area contributed by atoms with Crippen molar-refractivity contribution < 1.29 is 0 Å². The molecule has 1 aliphatic heterocycles. The predicted molar refractivity (Wildman–Crippen MR) is 60.4 cm³/mol. The maximum Gasteiger partial charge on any atom is 0.00458 e. The summed E-state index contributed by atoms with van der Waals surface area (Å²) in [5.74, 6) is 1.10. The van der Waals surface area contributed by atoms with E-state index in [-0.39, 0.29) is 0 Å². The van der Waals surface area contributed by atoms with E-state index in [1.807, 2.05) is 0 Å². The smallest absolute Gasteiger partial charge is 0.00458 e. The highest BCUT2D eigenvalue weighted by atomic mass is 32.1. The van der Waals surface area contributed by atoms with Crippen molar-refractivity contribution >= 4 is 12.6 Å². The van der Waals surface area contributed by atoms with E-state index in [0.717, 1.165) is 5.75 Å². The van der Waals surface area contributed by atoms with Gasteiger partial charge in [0.1, 0.15) is 0 Å². The zero-order chi connectivity index (χ0) is 9.15. The van der Waals surface area contributed by atoms with Crippen LogP contribution in [0.3, 0.4) is 0 Å². The topological polar surface area (TPSA) is 3.24 Å². The third kappa shape index (κ3) is 2.63. The Labute approximate surface area is 87.3 Å². The van der Waals surface area contributed by atoms with E-state index in [9.17, 15) is 0 Å². The monoisotopic (exact) mass is 199 g/mol. The van der Waals surface area contributed by atoms with Crippen molar-refractivity contribution in [2.75, 3.05) is 25.4 Å². The summed E-state index contributed by atoms with van der Waals surface area (Å²) < 4.78 is 0. The highest BCUT2D eigenvalue weighted by Gasteiger charge is 2.42. The standard InChI is InChI=1S/C11H21NS/c13-10-11(5-6-11)9-12-7-3-1-2-4-8-12/h13H,1-10H2. The molecule has 2 heteroatoms. The lowest BCUT2D eigenvalue weighted by atomic mass is 10.1. The van der Waals surface area contributed by atoms with Crippen molar-refractivity contribution in [2.45, 2.75) is 38.5 Å². The molecule has 0 N–H and O–H groups in total. The van der Waals surface area contributed by atoms with Gasteiger partial charge in [-0.1, -0.05) is 12.8 Å². The van der Waals surface area contributed by atoms with Gasteiger partial charge in [0.25, 0.3) is 0 Å². The highest BCUT2D eigenvalue weighted by molar-refractivity contribution is 7.80. The number of hydrogen-bond acceptors (Lipinski definition) is 2. The highest BCUT2D eigenvalue weighted by Crippen LogP contribution is 2.47. The summed E-state index contributed by atoms with van der Waals surface area (Å²) in [5, 5.41) is 0. The number of rotatable bonds is 3. The molecule has 0 radical (unpaired) electrons. The first-order valence-electron chi connectivity index (χ1n) is 5.68. The summed E-state index contributed by atoms with van der Waals surface area (Å²) in [5.41, 5.74) is 0.632. The SMILES string of the molecule is SCC1(CN2CCCCCC2)CC1. The second-order valence-electron chi connectivity index (χ2n) is 4.85. The molecule has 0 atom stereocenters. The summed E-state index contributed by atoms with van der Waals surface area (Å²) in [4.78, 5) is 2.68. The molecule has 0 unspecified atom stereocenters. The molecule has 1 saturated heterocycles. The molecule has 1 saturated carbocycles. The Kier molecular flexibility index (Phi) is 3.20. The first-order valence-corrected chi connectivity index (χ1v) is 6.31. The van der Waals surface area contributed by atoms with Crippen LogP contribution in [0.4, 0.5) is 0 Å². The van der Waals surface area contributed by atoms with Gasteiger partial charge in [-0.25, -0.2) is 0 Å². The van der Waals surface area contributed by atoms with Gasteiger partial charge in [0.05, 0.1) is 0 Å². The molecule has 2 rings (SSSR count). The van der Waals surface area contributed by atoms with Crippen molar-refractivity contribution in [2.24, 2.45) is 5.41 Å². The molecule has 1 nitrogen and oxygen atoms in total. The van der Waals surface area contributed by atoms with Crippen LogP contribution in [0.1, 0.15) is 38.5 Å². The molecule has 1 aliphatic carbocycles. The van der Waals surface area contributed by atoms with Crippen LogP contribution in [-0.4, -0.2) is 30.3 Å². The zero-order valence-electron chi connectivity index (χ0n) is 8.47. The predicted octanol–water partition coefficient (Wildman–Crippen LogP) is 2.57. The first kappa shape index (κ1) is 9.85. The van der Waals surface area contributed by atoms with Gasteiger partial charge < -0.3 is 4.90 Å². The molecule has 0 amide bonds. The second kappa shape index (κ2) is 4.22. The van der Waals surface area contributed by atoms with Gasteiger partial charge in [0, 0.05) is 6.54 Å². The first-order chi connectivity index (χ1) is 6.35. The third-order valence-electron chi connectivity index (χ3n) is 3.55. The largest absolute Gasteiger partial charge is 0.303 e. The summed E-state index contributed by atoms with van der Waals surface area (Å²) >= 11 is 4.46. The Bertz CT molecular complexity index is 157. The van der Waals surface area contributed by atoms with Crippen LogP contribution in [0.2, 0.25) is 0 Å². The van der Waals surface area contributed by atoms with E-state index >= 15 is 0 Å². The van der Waals surface area contributed by atoms with E-state index in [1.54, 1.807) is 0 Å². The fourth-order valence-corrected chi connectivity index (χ4v) is 2.73. The Morgan fingerprint density at radius 1 is 1.00 bits per heavy atom. The van der Waals surface area contributed by atoms with E-state index in [4.69, 9.17) is 0 Å². The molecular weight excluding hydrogens is 178 g/mol. The molecule has 2 fully saturated rings. The molecular formula is C11H21NS. The second-order valence-corrected chi connectivity index (χ2v) is 5.16. The average molecular weight is 199 g/mol. The van der Waals surface area contributed by atoms with E-state index in [0.29, 0.717) is 5.41 Å². The van der Waals surface area contributed by atoms with Crippen LogP contribution in [-0.2, 0) is 0 Å². The zero-order valence-corrected chi connectivity index (χ0v) is 9.36. The molecule has 0 bridgehead atoms. The molecule has 76 valence electrons. The lowest BCUT2D eigenvalue weighted by Crippen LogP contribution is -2.32. The van der Waals surface area contributed by atoms with Crippen molar-refractivity contribution in [3.05, 3.63) is 0 Å². The van der Waals surface area contributed by atoms with Gasteiger partial charge in [-0.05, 0) is 49.9 Å². The minimum Gasteiger partial charge on any atom is -0.303 e. The van der Waals surface area contributed by atoms with Gasteiger partial charge >= 0.3 is 0 Å². The number of thiol groups is 1. The van der Waals surface area contributed by atoms with Crippen LogP contribution in [0, 0.1) is 5.41 Å². The molecule has 0 aromatic carbocycles. The van der Waals surface area contributed by atoms with E-state index < -0.39 is 0 Å². The van der Waals surface area contributed by atoms with Crippen molar-refractivity contribution in [1.82, 2.24) is 4.90 Å². The maximum absolute atomic E-state index is 4.46. The Balaban J connectivity index is 1.79. The molecule has 1 heterocycles. The molecule has 0 aromatic rings. The Hall–Kier alpha value is 0.310. The van der Waals surface area contributed by atoms with E-state index in [1.165, 1.54) is 58.2 Å². The number of hydrogen-bond donors (Lipinski definition) is 1. The van der Waals surface area contributed by atoms with Crippen molar-refractivity contribution in [3.63, 3.8) is 0 Å². The van der Waals surface area contributed by atoms with Crippen LogP contribution in [0.15, 0.2) is 0 Å². The van der Waals surface area contributed by atoms with Crippen LogP contribution >= 0.6 is 12.6 Å².